The molecule has 4 heteroatoms. The zero-order valence-electron chi connectivity index (χ0n) is 16.1. The SMILES string of the molecule is O=C(COC(=O)CC1CC2CCC1C2)NC(c1ccccc1)c1ccccc1. The normalized spacial score (nSPS) is 23.0. The fraction of sp³-hybridized carbons (Fsp3) is 0.417. The first-order chi connectivity index (χ1) is 13.7. The van der Waals surface area contributed by atoms with Crippen molar-refractivity contribution in [3.8, 4) is 0 Å². The van der Waals surface area contributed by atoms with Gasteiger partial charge in [-0.05, 0) is 48.1 Å². The molecule has 2 aromatic rings. The molecule has 3 unspecified atom stereocenters. The van der Waals surface area contributed by atoms with Gasteiger partial charge in [0.25, 0.3) is 5.91 Å². The number of fused-ring (bicyclic) bond motifs is 2. The van der Waals surface area contributed by atoms with E-state index in [9.17, 15) is 9.59 Å². The number of ether oxygens (including phenoxy) is 1. The Hall–Kier alpha value is -2.62. The Labute approximate surface area is 166 Å². The van der Waals surface area contributed by atoms with Crippen molar-refractivity contribution in [1.29, 1.82) is 0 Å². The summed E-state index contributed by atoms with van der Waals surface area (Å²) in [7, 11) is 0. The maximum atomic E-state index is 12.5. The standard InChI is InChI=1S/C24H27NO3/c26-22(16-28-23(27)15-21-14-17-11-12-20(21)13-17)25-24(18-7-3-1-4-8-18)19-9-5-2-6-10-19/h1-10,17,20-21,24H,11-16H2,(H,25,26). The molecule has 3 atom stereocenters. The average Bonchev–Trinajstić information content (AvgIpc) is 3.35. The first-order valence-corrected chi connectivity index (χ1v) is 10.2. The molecule has 2 fully saturated rings. The van der Waals surface area contributed by atoms with Crippen LogP contribution in [-0.2, 0) is 14.3 Å². The quantitative estimate of drug-likeness (QED) is 0.734. The molecule has 2 aliphatic rings. The minimum absolute atomic E-state index is 0.226. The molecule has 146 valence electrons. The highest BCUT2D eigenvalue weighted by Gasteiger charge is 2.40. The molecule has 28 heavy (non-hydrogen) atoms. The van der Waals surface area contributed by atoms with Crippen molar-refractivity contribution in [3.63, 3.8) is 0 Å². The first kappa shape index (κ1) is 18.7. The van der Waals surface area contributed by atoms with Gasteiger partial charge in [0.1, 0.15) is 0 Å². The van der Waals surface area contributed by atoms with E-state index in [1.54, 1.807) is 0 Å². The van der Waals surface area contributed by atoms with Crippen molar-refractivity contribution in [3.05, 3.63) is 71.8 Å². The van der Waals surface area contributed by atoms with Gasteiger partial charge in [-0.1, -0.05) is 67.1 Å². The van der Waals surface area contributed by atoms with Crippen molar-refractivity contribution in [2.24, 2.45) is 17.8 Å². The molecule has 2 aromatic carbocycles. The number of carbonyl (C=O) groups excluding carboxylic acids is 2. The van der Waals surface area contributed by atoms with Gasteiger partial charge in [-0.2, -0.15) is 0 Å². The van der Waals surface area contributed by atoms with E-state index in [-0.39, 0.29) is 24.5 Å². The fourth-order valence-electron chi connectivity index (χ4n) is 4.90. The van der Waals surface area contributed by atoms with E-state index in [0.29, 0.717) is 18.3 Å². The smallest absolute Gasteiger partial charge is 0.306 e. The van der Waals surface area contributed by atoms with Gasteiger partial charge in [0.15, 0.2) is 6.61 Å². The lowest BCUT2D eigenvalue weighted by Gasteiger charge is -2.21. The predicted molar refractivity (Wildman–Crippen MR) is 107 cm³/mol. The third-order valence-electron chi connectivity index (χ3n) is 6.25. The second-order valence-corrected chi connectivity index (χ2v) is 8.12. The van der Waals surface area contributed by atoms with Crippen molar-refractivity contribution in [1.82, 2.24) is 5.32 Å². The van der Waals surface area contributed by atoms with E-state index in [2.05, 4.69) is 5.32 Å². The summed E-state index contributed by atoms with van der Waals surface area (Å²) in [6.07, 6.45) is 5.44. The van der Waals surface area contributed by atoms with Gasteiger partial charge in [-0.15, -0.1) is 0 Å². The molecule has 0 saturated heterocycles. The Morgan fingerprint density at radius 3 is 2.11 bits per heavy atom. The van der Waals surface area contributed by atoms with E-state index in [1.807, 2.05) is 60.7 Å². The molecule has 0 aliphatic heterocycles. The summed E-state index contributed by atoms with van der Waals surface area (Å²) in [6, 6.07) is 19.4. The summed E-state index contributed by atoms with van der Waals surface area (Å²) in [6.45, 7) is -0.226. The lowest BCUT2D eigenvalue weighted by atomic mass is 9.86. The van der Waals surface area contributed by atoms with Crippen LogP contribution in [0.15, 0.2) is 60.7 Å². The molecule has 4 nitrogen and oxygen atoms in total. The van der Waals surface area contributed by atoms with Crippen molar-refractivity contribution in [2.45, 2.75) is 38.1 Å². The Kier molecular flexibility index (Phi) is 5.75. The Balaban J connectivity index is 1.32. The zero-order valence-corrected chi connectivity index (χ0v) is 16.1. The second-order valence-electron chi connectivity index (χ2n) is 8.12. The zero-order chi connectivity index (χ0) is 19.3. The Bertz CT molecular complexity index is 766. The van der Waals surface area contributed by atoms with Crippen LogP contribution in [-0.4, -0.2) is 18.5 Å². The Morgan fingerprint density at radius 2 is 1.57 bits per heavy atom. The highest BCUT2D eigenvalue weighted by Crippen LogP contribution is 2.49. The lowest BCUT2D eigenvalue weighted by molar-refractivity contribution is -0.150. The van der Waals surface area contributed by atoms with Crippen LogP contribution in [0.5, 0.6) is 0 Å². The number of rotatable bonds is 7. The molecule has 2 aliphatic carbocycles. The average molecular weight is 377 g/mol. The molecule has 4 rings (SSSR count). The van der Waals surface area contributed by atoms with Crippen molar-refractivity contribution in [2.75, 3.05) is 6.61 Å². The number of hydrogen-bond acceptors (Lipinski definition) is 3. The number of hydrogen-bond donors (Lipinski definition) is 1. The van der Waals surface area contributed by atoms with Crippen LogP contribution in [0.25, 0.3) is 0 Å². The summed E-state index contributed by atoms with van der Waals surface area (Å²) in [5.41, 5.74) is 1.99. The predicted octanol–water partition coefficient (Wildman–Crippen LogP) is 4.26. The van der Waals surface area contributed by atoms with Gasteiger partial charge < -0.3 is 10.1 Å². The third-order valence-corrected chi connectivity index (χ3v) is 6.25. The molecule has 2 saturated carbocycles. The summed E-state index contributed by atoms with van der Waals surface area (Å²) < 4.78 is 5.30. The van der Waals surface area contributed by atoms with Gasteiger partial charge in [-0.3, -0.25) is 9.59 Å². The van der Waals surface area contributed by atoms with Gasteiger partial charge in [0, 0.05) is 6.42 Å². The summed E-state index contributed by atoms with van der Waals surface area (Å²) in [5.74, 6) is 1.42. The molecule has 0 aromatic heterocycles. The van der Waals surface area contributed by atoms with Crippen LogP contribution in [0.2, 0.25) is 0 Å². The number of esters is 1. The molecular formula is C24H27NO3. The topological polar surface area (TPSA) is 55.4 Å². The molecule has 1 amide bonds. The van der Waals surface area contributed by atoms with Gasteiger partial charge >= 0.3 is 5.97 Å². The lowest BCUT2D eigenvalue weighted by Crippen LogP contribution is -2.33. The van der Waals surface area contributed by atoms with E-state index >= 15 is 0 Å². The molecule has 1 N–H and O–H groups in total. The second kappa shape index (κ2) is 8.59. The molecule has 0 radical (unpaired) electrons. The Morgan fingerprint density at radius 1 is 0.929 bits per heavy atom. The summed E-state index contributed by atoms with van der Waals surface area (Å²) in [5, 5.41) is 3.01. The number of carbonyl (C=O) groups is 2. The molecular weight excluding hydrogens is 350 g/mol. The highest BCUT2D eigenvalue weighted by molar-refractivity contribution is 5.81. The van der Waals surface area contributed by atoms with Crippen LogP contribution in [0.1, 0.15) is 49.3 Å². The third kappa shape index (κ3) is 4.44. The van der Waals surface area contributed by atoms with Gasteiger partial charge in [0.05, 0.1) is 6.04 Å². The largest absolute Gasteiger partial charge is 0.456 e. The van der Waals surface area contributed by atoms with E-state index in [4.69, 9.17) is 4.74 Å². The monoisotopic (exact) mass is 377 g/mol. The number of nitrogens with one attached hydrogen (secondary N) is 1. The fourth-order valence-corrected chi connectivity index (χ4v) is 4.90. The maximum Gasteiger partial charge on any atom is 0.306 e. The minimum atomic E-state index is -0.279. The van der Waals surface area contributed by atoms with Crippen LogP contribution in [0.4, 0.5) is 0 Å². The summed E-state index contributed by atoms with van der Waals surface area (Å²) in [4.78, 5) is 24.7. The van der Waals surface area contributed by atoms with Crippen LogP contribution >= 0.6 is 0 Å². The minimum Gasteiger partial charge on any atom is -0.456 e. The van der Waals surface area contributed by atoms with Gasteiger partial charge in [0.2, 0.25) is 0 Å². The van der Waals surface area contributed by atoms with Crippen LogP contribution in [0, 0.1) is 17.8 Å². The first-order valence-electron chi connectivity index (χ1n) is 10.2. The molecule has 2 bridgehead atoms. The summed E-state index contributed by atoms with van der Waals surface area (Å²) >= 11 is 0. The maximum absolute atomic E-state index is 12.5. The van der Waals surface area contributed by atoms with Crippen molar-refractivity contribution < 1.29 is 14.3 Å². The van der Waals surface area contributed by atoms with Gasteiger partial charge in [-0.25, -0.2) is 0 Å². The van der Waals surface area contributed by atoms with E-state index in [0.717, 1.165) is 23.5 Å². The van der Waals surface area contributed by atoms with E-state index < -0.39 is 0 Å². The highest BCUT2D eigenvalue weighted by atomic mass is 16.5. The number of amides is 1. The van der Waals surface area contributed by atoms with E-state index in [1.165, 1.54) is 19.3 Å². The molecule has 0 spiro atoms. The van der Waals surface area contributed by atoms with Crippen LogP contribution < -0.4 is 5.32 Å². The number of benzene rings is 2. The van der Waals surface area contributed by atoms with Crippen LogP contribution in [0.3, 0.4) is 0 Å². The van der Waals surface area contributed by atoms with Crippen molar-refractivity contribution >= 4 is 11.9 Å². The molecule has 0 heterocycles.